The Balaban J connectivity index is 2.90. The van der Waals surface area contributed by atoms with Crippen molar-refractivity contribution >= 4 is 40.3 Å². The summed E-state index contributed by atoms with van der Waals surface area (Å²) in [4.78, 5) is 11.8. The molecule has 4 nitrogen and oxygen atoms in total. The van der Waals surface area contributed by atoms with E-state index in [4.69, 9.17) is 16.3 Å². The minimum absolute atomic E-state index is 0.271. The molecule has 0 aliphatic rings. The average molecular weight is 398 g/mol. The Labute approximate surface area is 131 Å². The van der Waals surface area contributed by atoms with Crippen LogP contribution in [0.1, 0.15) is 26.3 Å². The molecule has 0 aromatic heterocycles. The highest BCUT2D eigenvalue weighted by Gasteiger charge is 2.32. The first-order valence-electron chi connectivity index (χ1n) is 5.73. The number of hydrogen-bond donors (Lipinski definition) is 2. The van der Waals surface area contributed by atoms with E-state index in [2.05, 4.69) is 5.32 Å². The Hall–Kier alpha value is -0.530. The Kier molecular flexibility index (Phi) is 5.46. The molecule has 1 aromatic rings. The molecule has 0 radical (unpaired) electrons. The van der Waals surface area contributed by atoms with Gasteiger partial charge in [0.1, 0.15) is 9.15 Å². The minimum atomic E-state index is -0.967. The van der Waals surface area contributed by atoms with Crippen molar-refractivity contribution in [2.24, 2.45) is 0 Å². The number of carbonyl (C=O) groups is 1. The van der Waals surface area contributed by atoms with Gasteiger partial charge in [-0.3, -0.25) is 0 Å². The first kappa shape index (κ1) is 16.5. The summed E-state index contributed by atoms with van der Waals surface area (Å²) in [6.07, 6.45) is -0.587. The van der Waals surface area contributed by atoms with Crippen LogP contribution in [0.3, 0.4) is 0 Å². The monoisotopic (exact) mass is 397 g/mol. The fourth-order valence-electron chi connectivity index (χ4n) is 1.40. The zero-order valence-corrected chi connectivity index (χ0v) is 13.9. The number of alkyl halides is 1. The van der Waals surface area contributed by atoms with E-state index in [1.165, 1.54) is 0 Å². The number of alkyl carbamates (subject to hydrolysis) is 1. The largest absolute Gasteiger partial charge is 0.444 e. The van der Waals surface area contributed by atoms with Gasteiger partial charge >= 0.3 is 6.09 Å². The molecular formula is C13H17ClINO3. The van der Waals surface area contributed by atoms with Gasteiger partial charge in [-0.15, -0.1) is 0 Å². The van der Waals surface area contributed by atoms with Gasteiger partial charge in [-0.2, -0.15) is 0 Å². The number of halogens is 2. The maximum absolute atomic E-state index is 11.8. The van der Waals surface area contributed by atoms with E-state index in [1.54, 1.807) is 45.0 Å². The van der Waals surface area contributed by atoms with Crippen LogP contribution in [-0.4, -0.2) is 23.4 Å². The summed E-state index contributed by atoms with van der Waals surface area (Å²) < 4.78 is 4.22. The highest BCUT2D eigenvalue weighted by atomic mass is 127. The van der Waals surface area contributed by atoms with Gasteiger partial charge in [0.25, 0.3) is 0 Å². The van der Waals surface area contributed by atoms with Crippen LogP contribution in [0.25, 0.3) is 0 Å². The van der Waals surface area contributed by atoms with Gasteiger partial charge < -0.3 is 15.2 Å². The third-order valence-electron chi connectivity index (χ3n) is 2.20. The van der Waals surface area contributed by atoms with Crippen molar-refractivity contribution in [3.63, 3.8) is 0 Å². The van der Waals surface area contributed by atoms with Crippen LogP contribution in [0.15, 0.2) is 24.3 Å². The smallest absolute Gasteiger partial charge is 0.409 e. The molecule has 0 spiro atoms. The molecule has 0 unspecified atom stereocenters. The second kappa shape index (κ2) is 6.28. The number of aliphatic hydroxyl groups is 1. The van der Waals surface area contributed by atoms with E-state index in [0.717, 1.165) is 0 Å². The Morgan fingerprint density at radius 3 is 2.58 bits per heavy atom. The third kappa shape index (κ3) is 5.16. The molecule has 1 atom stereocenters. The first-order valence-corrected chi connectivity index (χ1v) is 7.19. The van der Waals surface area contributed by atoms with Crippen molar-refractivity contribution in [1.82, 2.24) is 5.32 Å². The standard InChI is InChI=1S/C13H17ClINO3/c1-12(2,3)19-11(18)16-13(15,8-17)9-5-4-6-10(14)7-9/h4-7,17H,8H2,1-3H3,(H,16,18)/t13-/m1/s1. The van der Waals surface area contributed by atoms with Crippen molar-refractivity contribution in [3.8, 4) is 0 Å². The lowest BCUT2D eigenvalue weighted by Gasteiger charge is -2.29. The van der Waals surface area contributed by atoms with E-state index >= 15 is 0 Å². The van der Waals surface area contributed by atoms with Crippen molar-refractivity contribution in [2.75, 3.05) is 6.61 Å². The minimum Gasteiger partial charge on any atom is -0.444 e. The summed E-state index contributed by atoms with van der Waals surface area (Å²) in [5.74, 6) is 0. The fourth-order valence-corrected chi connectivity index (χ4v) is 2.15. The van der Waals surface area contributed by atoms with Gasteiger partial charge in [0.05, 0.1) is 6.61 Å². The number of nitrogens with one attached hydrogen (secondary N) is 1. The van der Waals surface area contributed by atoms with Crippen LogP contribution in [0.4, 0.5) is 4.79 Å². The first-order chi connectivity index (χ1) is 8.66. The number of hydrogen-bond acceptors (Lipinski definition) is 3. The molecule has 1 aromatic carbocycles. The predicted molar refractivity (Wildman–Crippen MR) is 83.6 cm³/mol. The molecule has 2 N–H and O–H groups in total. The molecule has 0 saturated heterocycles. The van der Waals surface area contributed by atoms with Crippen LogP contribution in [0.2, 0.25) is 5.02 Å². The summed E-state index contributed by atoms with van der Waals surface area (Å²) in [5.41, 5.74) is 0.111. The number of rotatable bonds is 3. The lowest BCUT2D eigenvalue weighted by molar-refractivity contribution is 0.0473. The van der Waals surface area contributed by atoms with Gasteiger partial charge in [0.2, 0.25) is 0 Å². The van der Waals surface area contributed by atoms with E-state index in [1.807, 2.05) is 22.6 Å². The molecule has 106 valence electrons. The number of carbonyl (C=O) groups excluding carboxylic acids is 1. The lowest BCUT2D eigenvalue weighted by atomic mass is 10.1. The molecule has 6 heteroatoms. The topological polar surface area (TPSA) is 58.6 Å². The van der Waals surface area contributed by atoms with E-state index < -0.39 is 15.2 Å². The van der Waals surface area contributed by atoms with Gasteiger partial charge in [0, 0.05) is 5.02 Å². The molecule has 0 aliphatic heterocycles. The highest BCUT2D eigenvalue weighted by Crippen LogP contribution is 2.30. The SMILES string of the molecule is CC(C)(C)OC(=O)N[C@](I)(CO)c1cccc(Cl)c1. The van der Waals surface area contributed by atoms with E-state index in [0.29, 0.717) is 10.6 Å². The highest BCUT2D eigenvalue weighted by molar-refractivity contribution is 14.1. The molecule has 0 saturated carbocycles. The fraction of sp³-hybridized carbons (Fsp3) is 0.462. The maximum atomic E-state index is 11.8. The number of benzene rings is 1. The summed E-state index contributed by atoms with van der Waals surface area (Å²) in [6.45, 7) is 5.06. The van der Waals surface area contributed by atoms with Crippen molar-refractivity contribution < 1.29 is 14.6 Å². The van der Waals surface area contributed by atoms with Gasteiger partial charge in [-0.1, -0.05) is 23.7 Å². The van der Waals surface area contributed by atoms with Crippen LogP contribution < -0.4 is 5.32 Å². The number of ether oxygens (including phenoxy) is 1. The summed E-state index contributed by atoms with van der Waals surface area (Å²) in [5, 5.41) is 12.8. The predicted octanol–water partition coefficient (Wildman–Crippen LogP) is 3.44. The Morgan fingerprint density at radius 2 is 2.11 bits per heavy atom. The zero-order valence-electron chi connectivity index (χ0n) is 11.0. The third-order valence-corrected chi connectivity index (χ3v) is 3.67. The Morgan fingerprint density at radius 1 is 1.47 bits per heavy atom. The molecule has 0 bridgehead atoms. The number of aliphatic hydroxyl groups excluding tert-OH is 1. The molecule has 0 aliphatic carbocycles. The van der Waals surface area contributed by atoms with E-state index in [-0.39, 0.29) is 6.61 Å². The van der Waals surface area contributed by atoms with Gasteiger partial charge in [0.15, 0.2) is 0 Å². The maximum Gasteiger partial charge on any atom is 0.409 e. The van der Waals surface area contributed by atoms with Crippen LogP contribution in [-0.2, 0) is 8.28 Å². The molecule has 0 fully saturated rings. The van der Waals surface area contributed by atoms with Crippen LogP contribution in [0, 0.1) is 0 Å². The zero-order chi connectivity index (χ0) is 14.7. The second-order valence-electron chi connectivity index (χ2n) is 5.10. The van der Waals surface area contributed by atoms with Gasteiger partial charge in [-0.05, 0) is 61.1 Å². The summed E-state index contributed by atoms with van der Waals surface area (Å²) >= 11 is 7.89. The van der Waals surface area contributed by atoms with Crippen molar-refractivity contribution in [3.05, 3.63) is 34.9 Å². The van der Waals surface area contributed by atoms with Crippen LogP contribution in [0.5, 0.6) is 0 Å². The average Bonchev–Trinajstić information content (AvgIpc) is 2.26. The molecular weight excluding hydrogens is 381 g/mol. The quantitative estimate of drug-likeness (QED) is 0.467. The Bertz CT molecular complexity index is 461. The summed E-state index contributed by atoms with van der Waals surface area (Å²) in [7, 11) is 0. The number of amides is 1. The van der Waals surface area contributed by atoms with Crippen LogP contribution >= 0.6 is 34.2 Å². The molecule has 1 amide bonds. The normalized spacial score (nSPS) is 14.6. The summed E-state index contributed by atoms with van der Waals surface area (Å²) in [6, 6.07) is 6.97. The molecule has 19 heavy (non-hydrogen) atoms. The lowest BCUT2D eigenvalue weighted by Crippen LogP contribution is -2.46. The molecule has 1 rings (SSSR count). The van der Waals surface area contributed by atoms with Crippen molar-refractivity contribution in [1.29, 1.82) is 0 Å². The molecule has 0 heterocycles. The second-order valence-corrected chi connectivity index (χ2v) is 7.37. The van der Waals surface area contributed by atoms with Crippen molar-refractivity contribution in [2.45, 2.75) is 29.9 Å². The van der Waals surface area contributed by atoms with Gasteiger partial charge in [-0.25, -0.2) is 4.79 Å². The van der Waals surface area contributed by atoms with E-state index in [9.17, 15) is 9.90 Å².